The van der Waals surface area contributed by atoms with Crippen LogP contribution in [0, 0.1) is 5.92 Å². The maximum Gasteiger partial charge on any atom is 0.222 e. The summed E-state index contributed by atoms with van der Waals surface area (Å²) in [5.74, 6) is 1.65. The van der Waals surface area contributed by atoms with E-state index in [2.05, 4.69) is 34.7 Å². The van der Waals surface area contributed by atoms with Gasteiger partial charge in [-0.1, -0.05) is 25.6 Å². The SMILES string of the molecule is CC(C)CNCCn1nnnc1SCCCC(=O)N(C)C. The summed E-state index contributed by atoms with van der Waals surface area (Å²) in [6, 6.07) is 0. The largest absolute Gasteiger partial charge is 0.349 e. The van der Waals surface area contributed by atoms with E-state index in [1.54, 1.807) is 30.8 Å². The second kappa shape index (κ2) is 9.73. The van der Waals surface area contributed by atoms with Crippen molar-refractivity contribution >= 4 is 17.7 Å². The van der Waals surface area contributed by atoms with Crippen LogP contribution >= 0.6 is 11.8 Å². The fourth-order valence-electron chi connectivity index (χ4n) is 1.63. The molecule has 1 heterocycles. The second-order valence-electron chi connectivity index (χ2n) is 5.52. The summed E-state index contributed by atoms with van der Waals surface area (Å²) in [5.41, 5.74) is 0. The lowest BCUT2D eigenvalue weighted by Gasteiger charge is -2.09. The van der Waals surface area contributed by atoms with Crippen LogP contribution in [0.3, 0.4) is 0 Å². The first-order valence-electron chi connectivity index (χ1n) is 7.30. The van der Waals surface area contributed by atoms with Crippen LogP contribution in [0.15, 0.2) is 5.16 Å². The van der Waals surface area contributed by atoms with Crippen molar-refractivity contribution in [3.8, 4) is 0 Å². The maximum absolute atomic E-state index is 11.5. The zero-order chi connectivity index (χ0) is 15.7. The Labute approximate surface area is 130 Å². The van der Waals surface area contributed by atoms with E-state index in [9.17, 15) is 4.79 Å². The average Bonchev–Trinajstić information content (AvgIpc) is 2.86. The van der Waals surface area contributed by atoms with Crippen molar-refractivity contribution in [2.24, 2.45) is 5.92 Å². The first-order chi connectivity index (χ1) is 10.0. The Morgan fingerprint density at radius 1 is 1.43 bits per heavy atom. The lowest BCUT2D eigenvalue weighted by Crippen LogP contribution is -2.24. The molecule has 21 heavy (non-hydrogen) atoms. The van der Waals surface area contributed by atoms with Crippen LogP contribution in [0.2, 0.25) is 0 Å². The van der Waals surface area contributed by atoms with Gasteiger partial charge in [-0.3, -0.25) is 4.79 Å². The Bertz CT molecular complexity index is 421. The number of tetrazole rings is 1. The molecule has 0 unspecified atom stereocenters. The molecule has 1 amide bonds. The van der Waals surface area contributed by atoms with Crippen molar-refractivity contribution in [2.75, 3.05) is 32.9 Å². The molecule has 0 aliphatic carbocycles. The van der Waals surface area contributed by atoms with Gasteiger partial charge in [-0.25, -0.2) is 4.68 Å². The van der Waals surface area contributed by atoms with Gasteiger partial charge in [-0.2, -0.15) is 0 Å². The lowest BCUT2D eigenvalue weighted by atomic mass is 10.2. The number of aromatic nitrogens is 4. The van der Waals surface area contributed by atoms with Crippen LogP contribution in [0.25, 0.3) is 0 Å². The standard InChI is InChI=1S/C13H26N6OS/c1-11(2)10-14-7-8-19-13(15-16-17-19)21-9-5-6-12(20)18(3)4/h11,14H,5-10H2,1-4H3. The Hall–Kier alpha value is -1.15. The highest BCUT2D eigenvalue weighted by Gasteiger charge is 2.08. The number of hydrogen-bond donors (Lipinski definition) is 1. The van der Waals surface area contributed by atoms with Crippen molar-refractivity contribution in [3.63, 3.8) is 0 Å². The Morgan fingerprint density at radius 3 is 2.86 bits per heavy atom. The monoisotopic (exact) mass is 314 g/mol. The van der Waals surface area contributed by atoms with E-state index in [1.807, 2.05) is 4.68 Å². The van der Waals surface area contributed by atoms with E-state index in [1.165, 1.54) is 0 Å². The number of carbonyl (C=O) groups excluding carboxylic acids is 1. The van der Waals surface area contributed by atoms with Crippen LogP contribution in [0.4, 0.5) is 0 Å². The normalized spacial score (nSPS) is 11.1. The zero-order valence-electron chi connectivity index (χ0n) is 13.4. The third kappa shape index (κ3) is 7.42. The van der Waals surface area contributed by atoms with E-state index in [-0.39, 0.29) is 5.91 Å². The predicted octanol–water partition coefficient (Wildman–Crippen LogP) is 0.879. The molecule has 1 aromatic heterocycles. The number of nitrogens with one attached hydrogen (secondary N) is 1. The minimum atomic E-state index is 0.160. The quantitative estimate of drug-likeness (QED) is 0.510. The zero-order valence-corrected chi connectivity index (χ0v) is 14.2. The highest BCUT2D eigenvalue weighted by Crippen LogP contribution is 2.15. The topological polar surface area (TPSA) is 75.9 Å². The van der Waals surface area contributed by atoms with Gasteiger partial charge in [0.25, 0.3) is 0 Å². The number of rotatable bonds is 10. The van der Waals surface area contributed by atoms with Crippen LogP contribution in [0.5, 0.6) is 0 Å². The first-order valence-corrected chi connectivity index (χ1v) is 8.29. The number of thioether (sulfide) groups is 1. The smallest absolute Gasteiger partial charge is 0.222 e. The van der Waals surface area contributed by atoms with E-state index in [4.69, 9.17) is 0 Å². The van der Waals surface area contributed by atoms with Crippen LogP contribution in [0.1, 0.15) is 26.7 Å². The van der Waals surface area contributed by atoms with Crippen LogP contribution in [-0.2, 0) is 11.3 Å². The summed E-state index contributed by atoms with van der Waals surface area (Å²) in [7, 11) is 3.56. The third-order valence-corrected chi connectivity index (χ3v) is 3.86. The molecular formula is C13H26N6OS. The molecule has 8 heteroatoms. The molecule has 0 bridgehead atoms. The van der Waals surface area contributed by atoms with Gasteiger partial charge < -0.3 is 10.2 Å². The van der Waals surface area contributed by atoms with E-state index < -0.39 is 0 Å². The molecule has 7 nitrogen and oxygen atoms in total. The van der Waals surface area contributed by atoms with Crippen molar-refractivity contribution in [1.82, 2.24) is 30.4 Å². The van der Waals surface area contributed by atoms with Crippen molar-refractivity contribution in [2.45, 2.75) is 38.4 Å². The number of carbonyl (C=O) groups is 1. The molecule has 1 aromatic rings. The maximum atomic E-state index is 11.5. The lowest BCUT2D eigenvalue weighted by molar-refractivity contribution is -0.128. The van der Waals surface area contributed by atoms with Gasteiger partial charge >= 0.3 is 0 Å². The fourth-order valence-corrected chi connectivity index (χ4v) is 2.47. The molecule has 0 aromatic carbocycles. The summed E-state index contributed by atoms with van der Waals surface area (Å²) in [5, 5.41) is 15.9. The summed E-state index contributed by atoms with van der Waals surface area (Å²) in [4.78, 5) is 13.1. The molecule has 1 N–H and O–H groups in total. The Balaban J connectivity index is 2.23. The van der Waals surface area contributed by atoms with Crippen LogP contribution in [-0.4, -0.2) is 64.0 Å². The molecule has 1 rings (SSSR count). The molecule has 0 atom stereocenters. The number of hydrogen-bond acceptors (Lipinski definition) is 6. The minimum absolute atomic E-state index is 0.160. The molecule has 120 valence electrons. The summed E-state index contributed by atoms with van der Waals surface area (Å²) in [6.45, 7) is 6.98. The molecule has 0 radical (unpaired) electrons. The van der Waals surface area contributed by atoms with Gasteiger partial charge in [0.05, 0.1) is 6.54 Å². The molecule has 0 aliphatic rings. The van der Waals surface area contributed by atoms with E-state index in [0.717, 1.165) is 37.0 Å². The van der Waals surface area contributed by atoms with Gasteiger partial charge in [0.2, 0.25) is 11.1 Å². The van der Waals surface area contributed by atoms with Crippen molar-refractivity contribution in [3.05, 3.63) is 0 Å². The van der Waals surface area contributed by atoms with Crippen LogP contribution < -0.4 is 5.32 Å². The highest BCUT2D eigenvalue weighted by atomic mass is 32.2. The molecule has 0 spiro atoms. The molecule has 0 fully saturated rings. The predicted molar refractivity (Wildman–Crippen MR) is 84.2 cm³/mol. The second-order valence-corrected chi connectivity index (χ2v) is 6.58. The van der Waals surface area contributed by atoms with Gasteiger partial charge in [-0.15, -0.1) is 5.10 Å². The first kappa shape index (κ1) is 17.9. The highest BCUT2D eigenvalue weighted by molar-refractivity contribution is 7.99. The van der Waals surface area contributed by atoms with E-state index in [0.29, 0.717) is 12.3 Å². The van der Waals surface area contributed by atoms with Gasteiger partial charge in [-0.05, 0) is 29.3 Å². The molecule has 0 saturated heterocycles. The number of amides is 1. The average molecular weight is 314 g/mol. The summed E-state index contributed by atoms with van der Waals surface area (Å²) < 4.78 is 1.81. The number of nitrogens with zero attached hydrogens (tertiary/aromatic N) is 5. The fraction of sp³-hybridized carbons (Fsp3) is 0.846. The van der Waals surface area contributed by atoms with Crippen molar-refractivity contribution < 1.29 is 4.79 Å². The third-order valence-electron chi connectivity index (χ3n) is 2.82. The molecular weight excluding hydrogens is 288 g/mol. The Kier molecular flexibility index (Phi) is 8.29. The van der Waals surface area contributed by atoms with E-state index >= 15 is 0 Å². The molecule has 0 aliphatic heterocycles. The molecule has 0 saturated carbocycles. The minimum Gasteiger partial charge on any atom is -0.349 e. The van der Waals surface area contributed by atoms with Gasteiger partial charge in [0.15, 0.2) is 0 Å². The summed E-state index contributed by atoms with van der Waals surface area (Å²) in [6.07, 6.45) is 1.40. The van der Waals surface area contributed by atoms with Crippen molar-refractivity contribution in [1.29, 1.82) is 0 Å². The van der Waals surface area contributed by atoms with Gasteiger partial charge in [0, 0.05) is 32.8 Å². The summed E-state index contributed by atoms with van der Waals surface area (Å²) >= 11 is 1.60. The van der Waals surface area contributed by atoms with Gasteiger partial charge in [0.1, 0.15) is 0 Å². The Morgan fingerprint density at radius 2 is 2.19 bits per heavy atom.